The fourth-order valence-corrected chi connectivity index (χ4v) is 3.12. The molecule has 0 radical (unpaired) electrons. The number of halogens is 2. The molecule has 0 aliphatic heterocycles. The van der Waals surface area contributed by atoms with Crippen LogP contribution in [-0.4, -0.2) is 9.78 Å². The molecule has 0 spiro atoms. The highest BCUT2D eigenvalue weighted by atomic mass is 79.9. The molecule has 1 N–H and O–H groups in total. The smallest absolute Gasteiger partial charge is 0.172 e. The molecule has 0 aliphatic carbocycles. The number of anilines is 1. The molecule has 0 fully saturated rings. The van der Waals surface area contributed by atoms with Crippen LogP contribution in [0.25, 0.3) is 5.69 Å². The zero-order valence-corrected chi connectivity index (χ0v) is 14.0. The van der Waals surface area contributed by atoms with Crippen molar-refractivity contribution < 1.29 is 0 Å². The molecule has 0 saturated heterocycles. The van der Waals surface area contributed by atoms with Crippen LogP contribution < -0.4 is 4.72 Å². The van der Waals surface area contributed by atoms with Gasteiger partial charge in [-0.3, -0.25) is 0 Å². The number of hydrogen-bond acceptors (Lipinski definition) is 3. The van der Waals surface area contributed by atoms with Crippen LogP contribution in [0.5, 0.6) is 0 Å². The van der Waals surface area contributed by atoms with Crippen LogP contribution >= 0.6 is 39.5 Å². The van der Waals surface area contributed by atoms with Crippen molar-refractivity contribution in [2.24, 2.45) is 0 Å². The van der Waals surface area contributed by atoms with Crippen molar-refractivity contribution in [3.63, 3.8) is 0 Å². The minimum Gasteiger partial charge on any atom is -0.308 e. The highest BCUT2D eigenvalue weighted by molar-refractivity contribution is 9.10. The van der Waals surface area contributed by atoms with Crippen LogP contribution in [0.3, 0.4) is 0 Å². The summed E-state index contributed by atoms with van der Waals surface area (Å²) in [7, 11) is 0. The van der Waals surface area contributed by atoms with E-state index in [0.717, 1.165) is 20.9 Å². The lowest BCUT2D eigenvalue weighted by molar-refractivity contribution is 0.886. The fraction of sp³-hybridized carbons (Fsp3) is 0. The molecule has 106 valence electrons. The molecule has 21 heavy (non-hydrogen) atoms. The summed E-state index contributed by atoms with van der Waals surface area (Å²) in [6.07, 6.45) is 1.90. The molecule has 0 unspecified atom stereocenters. The van der Waals surface area contributed by atoms with Gasteiger partial charge in [-0.1, -0.05) is 35.9 Å². The summed E-state index contributed by atoms with van der Waals surface area (Å²) < 4.78 is 5.91. The average Bonchev–Trinajstić information content (AvgIpc) is 2.87. The van der Waals surface area contributed by atoms with E-state index in [-0.39, 0.29) is 0 Å². The summed E-state index contributed by atoms with van der Waals surface area (Å²) in [6, 6.07) is 17.7. The summed E-state index contributed by atoms with van der Waals surface area (Å²) in [4.78, 5) is 1.13. The van der Waals surface area contributed by atoms with Crippen molar-refractivity contribution in [2.45, 2.75) is 4.90 Å². The van der Waals surface area contributed by atoms with E-state index in [0.29, 0.717) is 5.02 Å². The second-order valence-electron chi connectivity index (χ2n) is 4.27. The Bertz CT molecular complexity index is 746. The van der Waals surface area contributed by atoms with E-state index < -0.39 is 0 Å². The van der Waals surface area contributed by atoms with Crippen molar-refractivity contribution >= 4 is 45.3 Å². The van der Waals surface area contributed by atoms with E-state index in [4.69, 9.17) is 11.6 Å². The lowest BCUT2D eigenvalue weighted by Crippen LogP contribution is -1.95. The Labute approximate surface area is 140 Å². The Morgan fingerprint density at radius 1 is 1.10 bits per heavy atom. The predicted molar refractivity (Wildman–Crippen MR) is 92.2 cm³/mol. The summed E-state index contributed by atoms with van der Waals surface area (Å²) in [5.41, 5.74) is 0.918. The van der Waals surface area contributed by atoms with Gasteiger partial charge in [0, 0.05) is 16.1 Å². The molecule has 1 heterocycles. The first kappa shape index (κ1) is 14.5. The number of aromatic nitrogens is 2. The molecule has 0 amide bonds. The summed E-state index contributed by atoms with van der Waals surface area (Å²) >= 11 is 11.0. The van der Waals surface area contributed by atoms with E-state index >= 15 is 0 Å². The highest BCUT2D eigenvalue weighted by Crippen LogP contribution is 2.27. The largest absolute Gasteiger partial charge is 0.308 e. The second kappa shape index (κ2) is 6.56. The first-order valence-corrected chi connectivity index (χ1v) is 8.20. The summed E-state index contributed by atoms with van der Waals surface area (Å²) in [5, 5.41) is 5.20. The molecule has 0 saturated carbocycles. The van der Waals surface area contributed by atoms with Crippen molar-refractivity contribution in [3.05, 3.63) is 70.3 Å². The van der Waals surface area contributed by atoms with E-state index in [1.165, 1.54) is 11.9 Å². The summed E-state index contributed by atoms with van der Waals surface area (Å²) in [5.74, 6) is 0.767. The Balaban J connectivity index is 1.78. The molecule has 0 aliphatic rings. The van der Waals surface area contributed by atoms with Gasteiger partial charge in [-0.25, -0.2) is 4.68 Å². The van der Waals surface area contributed by atoms with Crippen LogP contribution in [0.15, 0.2) is 70.2 Å². The quantitative estimate of drug-likeness (QED) is 0.614. The van der Waals surface area contributed by atoms with E-state index in [9.17, 15) is 0 Å². The highest BCUT2D eigenvalue weighted by Gasteiger charge is 2.08. The molecule has 3 rings (SSSR count). The molecule has 3 nitrogen and oxygen atoms in total. The maximum Gasteiger partial charge on any atom is 0.172 e. The topological polar surface area (TPSA) is 29.9 Å². The second-order valence-corrected chi connectivity index (χ2v) is 6.44. The van der Waals surface area contributed by atoms with Crippen LogP contribution in [0, 0.1) is 0 Å². The van der Waals surface area contributed by atoms with Gasteiger partial charge in [0.1, 0.15) is 0 Å². The van der Waals surface area contributed by atoms with Crippen molar-refractivity contribution in [3.8, 4) is 5.69 Å². The Morgan fingerprint density at radius 3 is 2.67 bits per heavy atom. The zero-order valence-electron chi connectivity index (χ0n) is 10.8. The number of hydrogen-bond donors (Lipinski definition) is 1. The fourth-order valence-electron chi connectivity index (χ4n) is 1.77. The van der Waals surface area contributed by atoms with Crippen molar-refractivity contribution in [1.82, 2.24) is 9.78 Å². The van der Waals surface area contributed by atoms with Gasteiger partial charge in [0.2, 0.25) is 0 Å². The van der Waals surface area contributed by atoms with Crippen LogP contribution in [0.2, 0.25) is 5.02 Å². The monoisotopic (exact) mass is 379 g/mol. The van der Waals surface area contributed by atoms with Gasteiger partial charge >= 0.3 is 0 Å². The van der Waals surface area contributed by atoms with Gasteiger partial charge in [0.25, 0.3) is 0 Å². The van der Waals surface area contributed by atoms with Gasteiger partial charge in [0.05, 0.1) is 10.2 Å². The maximum absolute atomic E-state index is 6.01. The normalized spacial score (nSPS) is 10.6. The van der Waals surface area contributed by atoms with Gasteiger partial charge in [-0.2, -0.15) is 0 Å². The molecule has 1 aromatic heterocycles. The lowest BCUT2D eigenvalue weighted by atomic mass is 10.3. The molecule has 0 atom stereocenters. The third-order valence-electron chi connectivity index (χ3n) is 2.75. The maximum atomic E-state index is 6.01. The average molecular weight is 381 g/mol. The van der Waals surface area contributed by atoms with Gasteiger partial charge in [-0.15, -0.1) is 5.10 Å². The van der Waals surface area contributed by atoms with Gasteiger partial charge in [0.15, 0.2) is 5.82 Å². The van der Waals surface area contributed by atoms with E-state index in [1.807, 2.05) is 60.8 Å². The van der Waals surface area contributed by atoms with Crippen molar-refractivity contribution in [1.29, 1.82) is 0 Å². The van der Waals surface area contributed by atoms with Gasteiger partial charge < -0.3 is 4.72 Å². The minimum absolute atomic E-state index is 0.687. The van der Waals surface area contributed by atoms with Gasteiger partial charge in [-0.05, 0) is 58.2 Å². The number of rotatable bonds is 4. The number of benzene rings is 2. The number of nitrogens with zero attached hydrogens (tertiary/aromatic N) is 2. The first-order chi connectivity index (χ1) is 10.2. The van der Waals surface area contributed by atoms with Crippen LogP contribution in [-0.2, 0) is 0 Å². The lowest BCUT2D eigenvalue weighted by Gasteiger charge is -2.03. The Morgan fingerprint density at radius 2 is 1.90 bits per heavy atom. The molecule has 0 bridgehead atoms. The van der Waals surface area contributed by atoms with Crippen LogP contribution in [0.4, 0.5) is 5.82 Å². The Hall–Kier alpha value is -1.43. The molecule has 3 aromatic rings. The Kier molecular flexibility index (Phi) is 4.53. The van der Waals surface area contributed by atoms with E-state index in [1.54, 1.807) is 4.68 Å². The molecule has 2 aromatic carbocycles. The first-order valence-electron chi connectivity index (χ1n) is 6.21. The van der Waals surface area contributed by atoms with Crippen molar-refractivity contribution in [2.75, 3.05) is 4.72 Å². The summed E-state index contributed by atoms with van der Waals surface area (Å²) in [6.45, 7) is 0. The SMILES string of the molecule is Clc1cccc(-n2cc(Br)c(NSc3ccccc3)n2)c1. The zero-order chi connectivity index (χ0) is 14.7. The minimum atomic E-state index is 0.687. The molecular weight excluding hydrogens is 370 g/mol. The third-order valence-corrected chi connectivity index (χ3v) is 4.37. The van der Waals surface area contributed by atoms with Crippen LogP contribution in [0.1, 0.15) is 0 Å². The molecule has 6 heteroatoms. The third kappa shape index (κ3) is 3.61. The van der Waals surface area contributed by atoms with E-state index in [2.05, 4.69) is 25.8 Å². The molecular formula is C15H11BrClN3S. The standard InChI is InChI=1S/C15H11BrClN3S/c16-14-10-20(12-6-4-5-11(17)9-12)18-15(14)19-21-13-7-2-1-3-8-13/h1-10H,(H,18,19). The predicted octanol–water partition coefficient (Wildman–Crippen LogP) is 5.41. The number of nitrogens with one attached hydrogen (secondary N) is 1.